The van der Waals surface area contributed by atoms with Gasteiger partial charge in [0.2, 0.25) is 0 Å². The number of hydrogen-bond acceptors (Lipinski definition) is 1. The molecule has 1 fully saturated rings. The van der Waals surface area contributed by atoms with Crippen molar-refractivity contribution in [3.05, 3.63) is 52.6 Å². The Bertz CT molecular complexity index is 609. The van der Waals surface area contributed by atoms with Crippen LogP contribution in [-0.2, 0) is 6.42 Å². The highest BCUT2D eigenvalue weighted by Crippen LogP contribution is 2.33. The highest BCUT2D eigenvalue weighted by molar-refractivity contribution is 9.10. The fourth-order valence-electron chi connectivity index (χ4n) is 3.95. The summed E-state index contributed by atoms with van der Waals surface area (Å²) in [6, 6.07) is 12.8. The van der Waals surface area contributed by atoms with Crippen LogP contribution in [0.25, 0.3) is 11.3 Å². The van der Waals surface area contributed by atoms with Crippen molar-refractivity contribution >= 4 is 15.9 Å². The van der Waals surface area contributed by atoms with Crippen molar-refractivity contribution in [2.75, 3.05) is 0 Å². The van der Waals surface area contributed by atoms with Gasteiger partial charge < -0.3 is 0 Å². The molecule has 0 N–H and O–H groups in total. The Balaban J connectivity index is 1.49. The fourth-order valence-corrected chi connectivity index (χ4v) is 4.22. The molecule has 1 aromatic carbocycles. The van der Waals surface area contributed by atoms with E-state index in [1.165, 1.54) is 62.5 Å². The summed E-state index contributed by atoms with van der Waals surface area (Å²) in [4.78, 5) is 4.66. The second kappa shape index (κ2) is 8.80. The lowest BCUT2D eigenvalue weighted by molar-refractivity contribution is 0.252. The van der Waals surface area contributed by atoms with Gasteiger partial charge in [-0.05, 0) is 48.4 Å². The maximum Gasteiger partial charge on any atom is 0.0702 e. The zero-order valence-corrected chi connectivity index (χ0v) is 16.3. The van der Waals surface area contributed by atoms with Crippen molar-refractivity contribution in [2.24, 2.45) is 11.8 Å². The summed E-state index contributed by atoms with van der Waals surface area (Å²) in [5.41, 5.74) is 3.62. The predicted octanol–water partition coefficient (Wildman–Crippen LogP) is 7.05. The van der Waals surface area contributed by atoms with E-state index in [1.54, 1.807) is 0 Å². The lowest BCUT2D eigenvalue weighted by Crippen LogP contribution is -2.15. The monoisotopic (exact) mass is 385 g/mol. The van der Waals surface area contributed by atoms with Gasteiger partial charge in [-0.3, -0.25) is 4.98 Å². The van der Waals surface area contributed by atoms with Gasteiger partial charge in [0.25, 0.3) is 0 Å². The van der Waals surface area contributed by atoms with Gasteiger partial charge in [0.15, 0.2) is 0 Å². The van der Waals surface area contributed by atoms with Crippen molar-refractivity contribution in [1.82, 2.24) is 4.98 Å². The third-order valence-corrected chi connectivity index (χ3v) is 6.00. The Hall–Kier alpha value is -1.15. The van der Waals surface area contributed by atoms with Crippen LogP contribution >= 0.6 is 15.9 Å². The standard InChI is InChI=1S/C22H28BrN/c1-2-3-17-4-6-18(7-5-17)8-9-19-10-15-22(24-16-19)20-11-13-21(23)14-12-20/h10-18H,2-9H2,1H3/t17-,18-. The molecule has 1 heterocycles. The number of halogens is 1. The van der Waals surface area contributed by atoms with Gasteiger partial charge in [0.1, 0.15) is 0 Å². The first-order valence-electron chi connectivity index (χ1n) is 9.45. The average Bonchev–Trinajstić information content (AvgIpc) is 2.63. The lowest BCUT2D eigenvalue weighted by Gasteiger charge is -2.28. The van der Waals surface area contributed by atoms with E-state index in [-0.39, 0.29) is 0 Å². The van der Waals surface area contributed by atoms with Crippen molar-refractivity contribution in [3.63, 3.8) is 0 Å². The van der Waals surface area contributed by atoms with E-state index in [0.29, 0.717) is 0 Å². The molecule has 0 unspecified atom stereocenters. The molecule has 0 spiro atoms. The molecule has 0 saturated heterocycles. The summed E-state index contributed by atoms with van der Waals surface area (Å²) in [7, 11) is 0. The van der Waals surface area contributed by atoms with E-state index in [1.807, 2.05) is 0 Å². The van der Waals surface area contributed by atoms with E-state index in [2.05, 4.69) is 70.4 Å². The van der Waals surface area contributed by atoms with Crippen LogP contribution in [0.2, 0.25) is 0 Å². The SMILES string of the molecule is CCC[C@H]1CC[C@H](CCc2ccc(-c3ccc(Br)cc3)nc2)CC1. The van der Waals surface area contributed by atoms with E-state index < -0.39 is 0 Å². The Morgan fingerprint density at radius 1 is 0.917 bits per heavy atom. The van der Waals surface area contributed by atoms with Crippen LogP contribution in [-0.4, -0.2) is 4.98 Å². The number of aromatic nitrogens is 1. The highest BCUT2D eigenvalue weighted by Gasteiger charge is 2.20. The van der Waals surface area contributed by atoms with Gasteiger partial charge in [0, 0.05) is 16.2 Å². The molecule has 0 atom stereocenters. The molecule has 2 heteroatoms. The minimum Gasteiger partial charge on any atom is -0.256 e. The largest absolute Gasteiger partial charge is 0.256 e. The summed E-state index contributed by atoms with van der Waals surface area (Å²) in [6.07, 6.45) is 13.2. The summed E-state index contributed by atoms with van der Waals surface area (Å²) in [5.74, 6) is 1.95. The first-order chi connectivity index (χ1) is 11.7. The Labute approximate surface area is 155 Å². The first kappa shape index (κ1) is 17.7. The number of nitrogens with zero attached hydrogens (tertiary/aromatic N) is 1. The van der Waals surface area contributed by atoms with Crippen LogP contribution in [0.15, 0.2) is 47.1 Å². The van der Waals surface area contributed by atoms with Crippen LogP contribution in [0.3, 0.4) is 0 Å². The minimum absolute atomic E-state index is 0.934. The van der Waals surface area contributed by atoms with Crippen molar-refractivity contribution < 1.29 is 0 Å². The molecule has 0 aliphatic heterocycles. The third kappa shape index (κ3) is 4.92. The number of benzene rings is 1. The summed E-state index contributed by atoms with van der Waals surface area (Å²) < 4.78 is 1.11. The van der Waals surface area contributed by atoms with Crippen LogP contribution in [0.5, 0.6) is 0 Å². The molecule has 2 aromatic rings. The number of rotatable bonds is 6. The van der Waals surface area contributed by atoms with E-state index in [9.17, 15) is 0 Å². The van der Waals surface area contributed by atoms with Crippen LogP contribution in [0.1, 0.15) is 57.4 Å². The second-order valence-corrected chi connectivity index (χ2v) is 8.19. The smallest absolute Gasteiger partial charge is 0.0702 e. The molecule has 1 aliphatic rings. The molecule has 0 bridgehead atoms. The Morgan fingerprint density at radius 3 is 2.17 bits per heavy atom. The molecular formula is C22H28BrN. The quantitative estimate of drug-likeness (QED) is 0.518. The topological polar surface area (TPSA) is 12.9 Å². The van der Waals surface area contributed by atoms with Crippen molar-refractivity contribution in [2.45, 2.75) is 58.3 Å². The van der Waals surface area contributed by atoms with Gasteiger partial charge in [-0.25, -0.2) is 0 Å². The Kier molecular flexibility index (Phi) is 6.48. The normalized spacial score (nSPS) is 20.9. The lowest BCUT2D eigenvalue weighted by atomic mass is 9.78. The predicted molar refractivity (Wildman–Crippen MR) is 106 cm³/mol. The van der Waals surface area contributed by atoms with Crippen LogP contribution in [0, 0.1) is 11.8 Å². The van der Waals surface area contributed by atoms with Gasteiger partial charge in [-0.1, -0.05) is 79.6 Å². The maximum absolute atomic E-state index is 4.66. The molecular weight excluding hydrogens is 358 g/mol. The second-order valence-electron chi connectivity index (χ2n) is 7.27. The van der Waals surface area contributed by atoms with E-state index in [0.717, 1.165) is 22.0 Å². The molecule has 3 rings (SSSR count). The third-order valence-electron chi connectivity index (χ3n) is 5.47. The molecule has 24 heavy (non-hydrogen) atoms. The first-order valence-corrected chi connectivity index (χ1v) is 10.2. The Morgan fingerprint density at radius 2 is 1.58 bits per heavy atom. The number of hydrogen-bond donors (Lipinski definition) is 0. The zero-order valence-electron chi connectivity index (χ0n) is 14.7. The fraction of sp³-hybridized carbons (Fsp3) is 0.500. The molecule has 0 amide bonds. The molecule has 128 valence electrons. The van der Waals surface area contributed by atoms with Gasteiger partial charge in [0.05, 0.1) is 5.69 Å². The minimum atomic E-state index is 0.934. The van der Waals surface area contributed by atoms with Crippen molar-refractivity contribution in [1.29, 1.82) is 0 Å². The maximum atomic E-state index is 4.66. The summed E-state index contributed by atoms with van der Waals surface area (Å²) in [5, 5.41) is 0. The van der Waals surface area contributed by atoms with Crippen molar-refractivity contribution in [3.8, 4) is 11.3 Å². The van der Waals surface area contributed by atoms with E-state index in [4.69, 9.17) is 0 Å². The molecule has 1 aromatic heterocycles. The van der Waals surface area contributed by atoms with Gasteiger partial charge in [-0.2, -0.15) is 0 Å². The molecule has 1 aliphatic carbocycles. The summed E-state index contributed by atoms with van der Waals surface area (Å²) in [6.45, 7) is 2.32. The van der Waals surface area contributed by atoms with Gasteiger partial charge >= 0.3 is 0 Å². The number of pyridine rings is 1. The highest BCUT2D eigenvalue weighted by atomic mass is 79.9. The van der Waals surface area contributed by atoms with Crippen LogP contribution < -0.4 is 0 Å². The summed E-state index contributed by atoms with van der Waals surface area (Å²) >= 11 is 3.48. The molecule has 1 nitrogen and oxygen atoms in total. The van der Waals surface area contributed by atoms with Crippen LogP contribution in [0.4, 0.5) is 0 Å². The molecule has 1 saturated carbocycles. The number of aryl methyl sites for hydroxylation is 1. The van der Waals surface area contributed by atoms with E-state index >= 15 is 0 Å². The molecule has 0 radical (unpaired) electrons. The zero-order chi connectivity index (χ0) is 16.8. The average molecular weight is 386 g/mol. The van der Waals surface area contributed by atoms with Gasteiger partial charge in [-0.15, -0.1) is 0 Å².